The molecule has 1 aliphatic rings. The summed E-state index contributed by atoms with van der Waals surface area (Å²) in [5.74, 6) is -6.08. The number of hydrogen-bond acceptors (Lipinski definition) is 14. The number of nitrogens with one attached hydrogen (secondary N) is 5. The Kier molecular flexibility index (Phi) is 18.3. The van der Waals surface area contributed by atoms with Gasteiger partial charge in [-0.05, 0) is 30.5 Å². The van der Waals surface area contributed by atoms with Gasteiger partial charge < -0.3 is 61.2 Å². The SMILES string of the molecule is CC(=O)NCCOCCNc1c(NCCCCCCO[C@]2(C(=O)O)C[C@H](O)[C@@H](NC(=O)CF)[C@H]([C@H](O)[C@H](O)CNC(=O)Cc3ccc(Cl)cc3)O2)c(=O)c1=O. The zero-order chi connectivity index (χ0) is 40.5. The monoisotopic (exact) mass is 801 g/mol. The first-order valence-corrected chi connectivity index (χ1v) is 18.2. The van der Waals surface area contributed by atoms with Gasteiger partial charge in [-0.1, -0.05) is 36.6 Å². The minimum atomic E-state index is -2.52. The molecule has 0 aliphatic carbocycles. The summed E-state index contributed by atoms with van der Waals surface area (Å²) in [5, 5.41) is 56.3. The van der Waals surface area contributed by atoms with Gasteiger partial charge in [-0.3, -0.25) is 24.0 Å². The normalized spacial score (nSPS) is 20.7. The van der Waals surface area contributed by atoms with Gasteiger partial charge in [-0.2, -0.15) is 0 Å². The summed E-state index contributed by atoms with van der Waals surface area (Å²) in [6.45, 7) is 0.712. The Morgan fingerprint density at radius 3 is 2.20 bits per heavy atom. The maximum Gasteiger partial charge on any atom is 0.364 e. The van der Waals surface area contributed by atoms with E-state index in [1.807, 2.05) is 0 Å². The highest BCUT2D eigenvalue weighted by molar-refractivity contribution is 6.30. The number of carbonyl (C=O) groups is 4. The molecule has 9 N–H and O–H groups in total. The minimum absolute atomic E-state index is 0.0851. The molecule has 55 heavy (non-hydrogen) atoms. The molecule has 20 heteroatoms. The molecular formula is C35H49ClFN5O13. The van der Waals surface area contributed by atoms with Crippen molar-refractivity contribution in [2.24, 2.45) is 0 Å². The molecule has 6 atom stereocenters. The van der Waals surface area contributed by atoms with Crippen LogP contribution in [0.5, 0.6) is 0 Å². The molecule has 0 unspecified atom stereocenters. The first-order valence-electron chi connectivity index (χ1n) is 17.8. The third-order valence-corrected chi connectivity index (χ3v) is 8.90. The standard InChI is InChI=1S/C35H49ClFN5O13/c1-20(43)38-11-14-53-15-12-40-29-28(31(49)32(29)50)39-10-4-2-3-5-13-54-35(34(51)52)17-23(44)27(42-26(47)18-37)33(55-35)30(48)24(45)19-41-25(46)16-21-6-8-22(36)9-7-21/h6-9,23-24,27,30,33,39-40,44-45,48H,2-5,10-19H2,1H3,(H,38,43)(H,41,46)(H,42,47)(H,51,52)/t23-,24+,27+,30+,33+,35+/m0/s1. The van der Waals surface area contributed by atoms with E-state index in [4.69, 9.17) is 25.8 Å². The number of carbonyl (C=O) groups excluding carboxylic acids is 3. The van der Waals surface area contributed by atoms with Gasteiger partial charge in [0.1, 0.15) is 23.6 Å². The number of carboxylic acids is 1. The van der Waals surface area contributed by atoms with Crippen molar-refractivity contribution in [2.75, 3.05) is 63.3 Å². The summed E-state index contributed by atoms with van der Waals surface area (Å²) < 4.78 is 29.8. The number of hydrogen-bond donors (Lipinski definition) is 9. The number of carboxylic acid groups (broad SMARTS) is 1. The second kappa shape index (κ2) is 22.3. The van der Waals surface area contributed by atoms with Gasteiger partial charge in [0.2, 0.25) is 11.8 Å². The molecule has 1 saturated heterocycles. The van der Waals surface area contributed by atoms with E-state index in [1.165, 1.54) is 6.92 Å². The maximum absolute atomic E-state index is 13.1. The molecule has 0 aromatic heterocycles. The van der Waals surface area contributed by atoms with Crippen LogP contribution in [0.4, 0.5) is 15.8 Å². The van der Waals surface area contributed by atoms with Gasteiger partial charge in [0.25, 0.3) is 22.6 Å². The van der Waals surface area contributed by atoms with E-state index < -0.39 is 84.5 Å². The van der Waals surface area contributed by atoms with Crippen molar-refractivity contribution in [3.05, 3.63) is 55.3 Å². The lowest BCUT2D eigenvalue weighted by Gasteiger charge is -2.46. The van der Waals surface area contributed by atoms with Crippen LogP contribution < -0.4 is 37.4 Å². The van der Waals surface area contributed by atoms with Crippen molar-refractivity contribution in [2.45, 2.75) is 81.7 Å². The lowest BCUT2D eigenvalue weighted by atomic mass is 9.88. The van der Waals surface area contributed by atoms with Gasteiger partial charge in [-0.25, -0.2) is 9.18 Å². The number of anilines is 2. The summed E-state index contributed by atoms with van der Waals surface area (Å²) in [4.78, 5) is 71.7. The van der Waals surface area contributed by atoms with Crippen molar-refractivity contribution < 1.29 is 58.2 Å². The number of aliphatic hydroxyl groups is 3. The quantitative estimate of drug-likeness (QED) is 0.0429. The average Bonchev–Trinajstić information content (AvgIpc) is 3.15. The third kappa shape index (κ3) is 13.8. The van der Waals surface area contributed by atoms with E-state index in [0.29, 0.717) is 56.0 Å². The van der Waals surface area contributed by atoms with Crippen molar-refractivity contribution in [3.63, 3.8) is 0 Å². The Bertz CT molecular complexity index is 1640. The molecule has 3 rings (SSSR count). The third-order valence-electron chi connectivity index (χ3n) is 8.65. The lowest BCUT2D eigenvalue weighted by Crippen LogP contribution is -2.68. The highest BCUT2D eigenvalue weighted by Crippen LogP contribution is 2.34. The van der Waals surface area contributed by atoms with Crippen molar-refractivity contribution in [3.8, 4) is 0 Å². The van der Waals surface area contributed by atoms with E-state index in [-0.39, 0.29) is 43.5 Å². The first-order chi connectivity index (χ1) is 26.2. The molecule has 0 spiro atoms. The highest BCUT2D eigenvalue weighted by atomic mass is 35.5. The molecule has 306 valence electrons. The van der Waals surface area contributed by atoms with Crippen LogP contribution in [0.2, 0.25) is 5.02 Å². The summed E-state index contributed by atoms with van der Waals surface area (Å²) >= 11 is 5.86. The molecule has 0 radical (unpaired) electrons. The molecule has 1 heterocycles. The van der Waals surface area contributed by atoms with Crippen LogP contribution in [0.3, 0.4) is 0 Å². The summed E-state index contributed by atoms with van der Waals surface area (Å²) in [6, 6.07) is 4.88. The molecule has 1 fully saturated rings. The van der Waals surface area contributed by atoms with Crippen LogP contribution in [0.15, 0.2) is 33.9 Å². The van der Waals surface area contributed by atoms with Crippen LogP contribution in [-0.2, 0) is 39.8 Å². The molecule has 3 amide bonds. The second-order valence-corrected chi connectivity index (χ2v) is 13.4. The van der Waals surface area contributed by atoms with Gasteiger partial charge in [-0.15, -0.1) is 0 Å². The van der Waals surface area contributed by atoms with Gasteiger partial charge in [0.05, 0.1) is 44.5 Å². The zero-order valence-corrected chi connectivity index (χ0v) is 31.1. The predicted octanol–water partition coefficient (Wildman–Crippen LogP) is -1.04. The van der Waals surface area contributed by atoms with Crippen LogP contribution >= 0.6 is 11.6 Å². The molecular weight excluding hydrogens is 753 g/mol. The van der Waals surface area contributed by atoms with E-state index in [0.717, 1.165) is 0 Å². The number of aliphatic carboxylic acids is 1. The Balaban J connectivity index is 1.48. The fraction of sp³-hybridized carbons (Fsp3) is 0.600. The van der Waals surface area contributed by atoms with Crippen LogP contribution in [-0.4, -0.2) is 133 Å². The van der Waals surface area contributed by atoms with Crippen LogP contribution in [0.25, 0.3) is 0 Å². The largest absolute Gasteiger partial charge is 0.477 e. The number of aliphatic hydroxyl groups excluding tert-OH is 3. The Labute approximate surface area is 320 Å². The molecule has 18 nitrogen and oxygen atoms in total. The highest BCUT2D eigenvalue weighted by Gasteiger charge is 2.55. The van der Waals surface area contributed by atoms with Crippen molar-refractivity contribution >= 4 is 46.7 Å². The first kappa shape index (κ1) is 45.2. The lowest BCUT2D eigenvalue weighted by molar-refractivity contribution is -0.310. The van der Waals surface area contributed by atoms with E-state index in [9.17, 15) is 53.6 Å². The molecule has 2 aromatic carbocycles. The Morgan fingerprint density at radius 2 is 1.56 bits per heavy atom. The van der Waals surface area contributed by atoms with E-state index in [1.54, 1.807) is 24.3 Å². The summed E-state index contributed by atoms with van der Waals surface area (Å²) in [5.41, 5.74) is -0.330. The van der Waals surface area contributed by atoms with E-state index in [2.05, 4.69) is 26.6 Å². The number of halogens is 2. The number of benzene rings is 1. The molecule has 1 aliphatic heterocycles. The van der Waals surface area contributed by atoms with Crippen molar-refractivity contribution in [1.82, 2.24) is 16.0 Å². The topological polar surface area (TPSA) is 271 Å². The average molecular weight is 802 g/mol. The fourth-order valence-corrected chi connectivity index (χ4v) is 5.88. The Morgan fingerprint density at radius 1 is 0.927 bits per heavy atom. The number of alkyl halides is 1. The van der Waals surface area contributed by atoms with E-state index >= 15 is 0 Å². The molecule has 0 bridgehead atoms. The number of amides is 3. The summed E-state index contributed by atoms with van der Waals surface area (Å²) in [6.07, 6.45) is -6.10. The summed E-state index contributed by atoms with van der Waals surface area (Å²) in [7, 11) is 0. The smallest absolute Gasteiger partial charge is 0.364 e. The molecule has 2 aromatic rings. The van der Waals surface area contributed by atoms with Gasteiger partial charge in [0, 0.05) is 44.5 Å². The van der Waals surface area contributed by atoms with Gasteiger partial charge >= 0.3 is 5.97 Å². The minimum Gasteiger partial charge on any atom is -0.477 e. The Hall–Kier alpha value is -4.24. The maximum atomic E-state index is 13.1. The number of unbranched alkanes of at least 4 members (excludes halogenated alkanes) is 3. The number of rotatable bonds is 25. The fourth-order valence-electron chi connectivity index (χ4n) is 5.76. The van der Waals surface area contributed by atoms with Crippen LogP contribution in [0, 0.1) is 0 Å². The molecule has 0 saturated carbocycles. The van der Waals surface area contributed by atoms with Crippen LogP contribution in [0.1, 0.15) is 44.6 Å². The predicted molar refractivity (Wildman–Crippen MR) is 196 cm³/mol. The van der Waals surface area contributed by atoms with Gasteiger partial charge in [0.15, 0.2) is 6.67 Å². The number of ether oxygens (including phenoxy) is 3. The zero-order valence-electron chi connectivity index (χ0n) is 30.3. The second-order valence-electron chi connectivity index (χ2n) is 12.9. The van der Waals surface area contributed by atoms with Crippen molar-refractivity contribution in [1.29, 1.82) is 0 Å².